The lowest BCUT2D eigenvalue weighted by Gasteiger charge is -2.25. The minimum absolute atomic E-state index is 0.133. The van der Waals surface area contributed by atoms with Crippen LogP contribution in [0.3, 0.4) is 0 Å². The molecule has 0 aromatic heterocycles. The van der Waals surface area contributed by atoms with Gasteiger partial charge in [-0.25, -0.2) is 0 Å². The normalized spacial score (nSPS) is 14.6. The minimum atomic E-state index is 0.133. The van der Waals surface area contributed by atoms with Crippen molar-refractivity contribution in [3.63, 3.8) is 0 Å². The Bertz CT molecular complexity index is 350. The lowest BCUT2D eigenvalue weighted by atomic mass is 9.83. The SMILES string of the molecule is C=CC(C)(CNC)Cc1ccc(C(C)C)cc1. The van der Waals surface area contributed by atoms with E-state index in [2.05, 4.69) is 63.0 Å². The lowest BCUT2D eigenvalue weighted by molar-refractivity contribution is 0.406. The molecule has 1 N–H and O–H groups in total. The zero-order chi connectivity index (χ0) is 12.9. The fourth-order valence-corrected chi connectivity index (χ4v) is 2.10. The summed E-state index contributed by atoms with van der Waals surface area (Å²) in [4.78, 5) is 0. The van der Waals surface area contributed by atoms with Gasteiger partial charge in [0, 0.05) is 12.0 Å². The topological polar surface area (TPSA) is 12.0 Å². The van der Waals surface area contributed by atoms with Gasteiger partial charge >= 0.3 is 0 Å². The van der Waals surface area contributed by atoms with Gasteiger partial charge in [-0.1, -0.05) is 51.1 Å². The molecule has 17 heavy (non-hydrogen) atoms. The number of hydrogen-bond acceptors (Lipinski definition) is 1. The first-order valence-electron chi connectivity index (χ1n) is 6.38. The van der Waals surface area contributed by atoms with Gasteiger partial charge in [-0.05, 0) is 30.5 Å². The third-order valence-corrected chi connectivity index (χ3v) is 3.33. The lowest BCUT2D eigenvalue weighted by Crippen LogP contribution is -2.29. The van der Waals surface area contributed by atoms with Gasteiger partial charge in [0.05, 0.1) is 0 Å². The predicted octanol–water partition coefficient (Wildman–Crippen LogP) is 3.76. The average molecular weight is 231 g/mol. The van der Waals surface area contributed by atoms with Crippen molar-refractivity contribution in [2.75, 3.05) is 13.6 Å². The summed E-state index contributed by atoms with van der Waals surface area (Å²) in [6.45, 7) is 11.6. The second-order valence-electron chi connectivity index (χ2n) is 5.46. The van der Waals surface area contributed by atoms with Gasteiger partial charge < -0.3 is 5.32 Å². The van der Waals surface area contributed by atoms with Crippen LogP contribution >= 0.6 is 0 Å². The molecule has 1 atom stereocenters. The monoisotopic (exact) mass is 231 g/mol. The molecule has 0 bridgehead atoms. The van der Waals surface area contributed by atoms with Crippen molar-refractivity contribution in [1.82, 2.24) is 5.32 Å². The summed E-state index contributed by atoms with van der Waals surface area (Å²) in [5.74, 6) is 0.604. The van der Waals surface area contributed by atoms with E-state index >= 15 is 0 Å². The van der Waals surface area contributed by atoms with Crippen LogP contribution in [0.5, 0.6) is 0 Å². The maximum atomic E-state index is 3.95. The molecule has 0 amide bonds. The van der Waals surface area contributed by atoms with Gasteiger partial charge in [0.15, 0.2) is 0 Å². The molecule has 94 valence electrons. The van der Waals surface area contributed by atoms with Crippen molar-refractivity contribution in [3.8, 4) is 0 Å². The Kier molecular flexibility index (Phi) is 4.95. The van der Waals surface area contributed by atoms with E-state index in [0.717, 1.165) is 13.0 Å². The van der Waals surface area contributed by atoms with E-state index in [1.807, 2.05) is 7.05 Å². The van der Waals surface area contributed by atoms with Crippen LogP contribution in [-0.4, -0.2) is 13.6 Å². The first kappa shape index (κ1) is 14.0. The standard InChI is InChI=1S/C16H25N/c1-6-16(4,12-17-5)11-14-7-9-15(10-8-14)13(2)3/h6-10,13,17H,1,11-12H2,2-5H3. The molecule has 0 radical (unpaired) electrons. The molecule has 0 aliphatic rings. The van der Waals surface area contributed by atoms with Gasteiger partial charge in [0.2, 0.25) is 0 Å². The van der Waals surface area contributed by atoms with Crippen molar-refractivity contribution < 1.29 is 0 Å². The van der Waals surface area contributed by atoms with Crippen molar-refractivity contribution in [2.24, 2.45) is 5.41 Å². The van der Waals surface area contributed by atoms with Crippen molar-refractivity contribution in [3.05, 3.63) is 48.0 Å². The molecule has 1 nitrogen and oxygen atoms in total. The molecule has 1 aromatic rings. The van der Waals surface area contributed by atoms with E-state index < -0.39 is 0 Å². The van der Waals surface area contributed by atoms with Gasteiger partial charge in [-0.2, -0.15) is 0 Å². The van der Waals surface area contributed by atoms with Crippen molar-refractivity contribution in [1.29, 1.82) is 0 Å². The Balaban J connectivity index is 2.77. The Labute approximate surface area is 106 Å². The molecule has 0 saturated carbocycles. The summed E-state index contributed by atoms with van der Waals surface area (Å²) in [5, 5.41) is 3.24. The number of rotatable bonds is 6. The van der Waals surface area contributed by atoms with Gasteiger partial charge in [-0.15, -0.1) is 6.58 Å². The van der Waals surface area contributed by atoms with Crippen LogP contribution in [0, 0.1) is 5.41 Å². The molecule has 0 spiro atoms. The second kappa shape index (κ2) is 6.02. The highest BCUT2D eigenvalue weighted by molar-refractivity contribution is 5.26. The Morgan fingerprint density at radius 3 is 2.29 bits per heavy atom. The zero-order valence-electron chi connectivity index (χ0n) is 11.6. The third-order valence-electron chi connectivity index (χ3n) is 3.33. The van der Waals surface area contributed by atoms with E-state index in [1.165, 1.54) is 11.1 Å². The van der Waals surface area contributed by atoms with Gasteiger partial charge in [-0.3, -0.25) is 0 Å². The first-order chi connectivity index (χ1) is 8.00. The number of benzene rings is 1. The Hall–Kier alpha value is -1.08. The molecule has 0 aliphatic carbocycles. The van der Waals surface area contributed by atoms with Gasteiger partial charge in [0.1, 0.15) is 0 Å². The fraction of sp³-hybridized carbons (Fsp3) is 0.500. The van der Waals surface area contributed by atoms with E-state index in [0.29, 0.717) is 5.92 Å². The predicted molar refractivity (Wildman–Crippen MR) is 76.5 cm³/mol. The molecule has 1 rings (SSSR count). The van der Waals surface area contributed by atoms with E-state index in [4.69, 9.17) is 0 Å². The van der Waals surface area contributed by atoms with Crippen LogP contribution in [0.2, 0.25) is 0 Å². The molecular weight excluding hydrogens is 206 g/mol. The van der Waals surface area contributed by atoms with Crippen molar-refractivity contribution in [2.45, 2.75) is 33.1 Å². The Morgan fingerprint density at radius 1 is 1.29 bits per heavy atom. The third kappa shape index (κ3) is 4.01. The average Bonchev–Trinajstić information content (AvgIpc) is 2.30. The molecule has 0 aliphatic heterocycles. The summed E-state index contributed by atoms with van der Waals surface area (Å²) in [5.41, 5.74) is 2.92. The van der Waals surface area contributed by atoms with E-state index in [1.54, 1.807) is 0 Å². The summed E-state index contributed by atoms with van der Waals surface area (Å²) in [6, 6.07) is 8.96. The van der Waals surface area contributed by atoms with Crippen LogP contribution in [0.15, 0.2) is 36.9 Å². The summed E-state index contributed by atoms with van der Waals surface area (Å²) in [6.07, 6.45) is 3.09. The summed E-state index contributed by atoms with van der Waals surface area (Å²) in [7, 11) is 1.99. The van der Waals surface area contributed by atoms with Crippen LogP contribution < -0.4 is 5.32 Å². The fourth-order valence-electron chi connectivity index (χ4n) is 2.10. The van der Waals surface area contributed by atoms with E-state index in [9.17, 15) is 0 Å². The number of hydrogen-bond donors (Lipinski definition) is 1. The molecule has 0 heterocycles. The first-order valence-corrected chi connectivity index (χ1v) is 6.38. The van der Waals surface area contributed by atoms with Crippen LogP contribution in [0.25, 0.3) is 0 Å². The highest BCUT2D eigenvalue weighted by Crippen LogP contribution is 2.24. The maximum absolute atomic E-state index is 3.95. The molecule has 1 unspecified atom stereocenters. The molecule has 0 fully saturated rings. The van der Waals surface area contributed by atoms with Crippen LogP contribution in [-0.2, 0) is 6.42 Å². The largest absolute Gasteiger partial charge is 0.319 e. The Morgan fingerprint density at radius 2 is 1.88 bits per heavy atom. The quantitative estimate of drug-likeness (QED) is 0.735. The molecular formula is C16H25N. The zero-order valence-corrected chi connectivity index (χ0v) is 11.6. The molecule has 0 saturated heterocycles. The minimum Gasteiger partial charge on any atom is -0.319 e. The van der Waals surface area contributed by atoms with Gasteiger partial charge in [0.25, 0.3) is 0 Å². The maximum Gasteiger partial charge on any atom is 0.00400 e. The summed E-state index contributed by atoms with van der Waals surface area (Å²) < 4.78 is 0. The summed E-state index contributed by atoms with van der Waals surface area (Å²) >= 11 is 0. The van der Waals surface area contributed by atoms with Crippen molar-refractivity contribution >= 4 is 0 Å². The second-order valence-corrected chi connectivity index (χ2v) is 5.46. The molecule has 1 heteroatoms. The van der Waals surface area contributed by atoms with Crippen LogP contribution in [0.1, 0.15) is 37.8 Å². The number of nitrogens with one attached hydrogen (secondary N) is 1. The van der Waals surface area contributed by atoms with E-state index in [-0.39, 0.29) is 5.41 Å². The molecule has 1 aromatic carbocycles. The highest BCUT2D eigenvalue weighted by atomic mass is 14.8. The highest BCUT2D eigenvalue weighted by Gasteiger charge is 2.19. The smallest absolute Gasteiger partial charge is 0.00400 e. The van der Waals surface area contributed by atoms with Crippen LogP contribution in [0.4, 0.5) is 0 Å².